The van der Waals surface area contributed by atoms with Crippen LogP contribution in [-0.2, 0) is 6.54 Å². The predicted octanol–water partition coefficient (Wildman–Crippen LogP) is 2.51. The van der Waals surface area contributed by atoms with E-state index in [1.54, 1.807) is 12.3 Å². The number of hydrogen-bond acceptors (Lipinski definition) is 5. The van der Waals surface area contributed by atoms with Gasteiger partial charge in [0, 0.05) is 12.1 Å². The van der Waals surface area contributed by atoms with Crippen molar-refractivity contribution in [2.45, 2.75) is 6.54 Å². The molecule has 17 heavy (non-hydrogen) atoms. The molecular formula is C11H10N2O4. The number of rotatable bonds is 4. The van der Waals surface area contributed by atoms with Gasteiger partial charge in [-0.25, -0.2) is 0 Å². The normalized spacial score (nSPS) is 10.1. The van der Waals surface area contributed by atoms with Crippen molar-refractivity contribution in [3.63, 3.8) is 0 Å². The van der Waals surface area contributed by atoms with Gasteiger partial charge < -0.3 is 14.8 Å². The molecule has 0 saturated heterocycles. The Morgan fingerprint density at radius 2 is 2.24 bits per heavy atom. The number of nitrogens with one attached hydrogen (secondary N) is 1. The van der Waals surface area contributed by atoms with Crippen LogP contribution in [0.1, 0.15) is 5.56 Å². The molecule has 0 fully saturated rings. The summed E-state index contributed by atoms with van der Waals surface area (Å²) in [7, 11) is 0. The fourth-order valence-corrected chi connectivity index (χ4v) is 1.41. The Balaban J connectivity index is 2.17. The molecule has 6 heteroatoms. The van der Waals surface area contributed by atoms with Crippen molar-refractivity contribution in [2.24, 2.45) is 0 Å². The first-order valence-electron chi connectivity index (χ1n) is 4.89. The van der Waals surface area contributed by atoms with Crippen molar-refractivity contribution >= 4 is 11.4 Å². The molecule has 1 heterocycles. The first kappa shape index (κ1) is 11.0. The molecule has 0 aliphatic carbocycles. The first-order chi connectivity index (χ1) is 8.16. The maximum atomic E-state index is 10.8. The fraction of sp³-hybridized carbons (Fsp3) is 0.0909. The summed E-state index contributed by atoms with van der Waals surface area (Å²) in [5.41, 5.74) is 1.08. The van der Waals surface area contributed by atoms with Gasteiger partial charge in [-0.05, 0) is 18.2 Å². The molecule has 0 atom stereocenters. The van der Waals surface area contributed by atoms with Crippen molar-refractivity contribution in [3.8, 4) is 5.75 Å². The molecule has 0 aliphatic heterocycles. The number of phenols is 1. The second-order valence-electron chi connectivity index (χ2n) is 3.44. The van der Waals surface area contributed by atoms with Crippen LogP contribution in [0.5, 0.6) is 5.75 Å². The van der Waals surface area contributed by atoms with E-state index < -0.39 is 4.92 Å². The van der Waals surface area contributed by atoms with E-state index in [4.69, 9.17) is 4.42 Å². The molecule has 0 bridgehead atoms. The van der Waals surface area contributed by atoms with Crippen LogP contribution in [0.3, 0.4) is 0 Å². The van der Waals surface area contributed by atoms with Crippen LogP contribution >= 0.6 is 0 Å². The Morgan fingerprint density at radius 3 is 2.88 bits per heavy atom. The van der Waals surface area contributed by atoms with E-state index in [-0.39, 0.29) is 11.4 Å². The van der Waals surface area contributed by atoms with E-state index in [0.717, 1.165) is 11.6 Å². The van der Waals surface area contributed by atoms with Crippen molar-refractivity contribution in [2.75, 3.05) is 5.32 Å². The van der Waals surface area contributed by atoms with Gasteiger partial charge >= 0.3 is 0 Å². The van der Waals surface area contributed by atoms with Crippen molar-refractivity contribution in [3.05, 3.63) is 52.5 Å². The number of phenolic OH excluding ortho intramolecular Hbond substituents is 1. The van der Waals surface area contributed by atoms with E-state index in [1.165, 1.54) is 18.4 Å². The Labute approximate surface area is 96.6 Å². The zero-order valence-electron chi connectivity index (χ0n) is 8.79. The maximum absolute atomic E-state index is 10.8. The topological polar surface area (TPSA) is 88.5 Å². The third kappa shape index (κ3) is 2.54. The second kappa shape index (κ2) is 4.56. The lowest BCUT2D eigenvalue weighted by molar-refractivity contribution is -0.384. The van der Waals surface area contributed by atoms with Crippen LogP contribution in [-0.4, -0.2) is 10.0 Å². The quantitative estimate of drug-likeness (QED) is 0.482. The zero-order valence-corrected chi connectivity index (χ0v) is 8.79. The highest BCUT2D eigenvalue weighted by molar-refractivity contribution is 5.63. The summed E-state index contributed by atoms with van der Waals surface area (Å²) in [6, 6.07) is 5.73. The average Bonchev–Trinajstić information content (AvgIpc) is 2.80. The molecule has 88 valence electrons. The van der Waals surface area contributed by atoms with E-state index in [9.17, 15) is 15.2 Å². The summed E-state index contributed by atoms with van der Waals surface area (Å²) in [6.07, 6.45) is 3.08. The number of anilines is 1. The van der Waals surface area contributed by atoms with Crippen LogP contribution in [0.2, 0.25) is 0 Å². The summed E-state index contributed by atoms with van der Waals surface area (Å²) in [5.74, 6) is -0.134. The van der Waals surface area contributed by atoms with Crippen LogP contribution in [0.15, 0.2) is 41.2 Å². The van der Waals surface area contributed by atoms with Gasteiger partial charge in [0.05, 0.1) is 23.5 Å². The molecule has 0 spiro atoms. The van der Waals surface area contributed by atoms with Gasteiger partial charge in [-0.1, -0.05) is 0 Å². The second-order valence-corrected chi connectivity index (χ2v) is 3.44. The number of aromatic hydroxyl groups is 1. The molecule has 6 nitrogen and oxygen atoms in total. The third-order valence-electron chi connectivity index (χ3n) is 2.24. The van der Waals surface area contributed by atoms with Gasteiger partial charge in [-0.3, -0.25) is 10.1 Å². The van der Waals surface area contributed by atoms with E-state index in [1.807, 2.05) is 0 Å². The maximum Gasteiger partial charge on any atom is 0.296 e. The van der Waals surface area contributed by atoms with Crippen LogP contribution in [0.25, 0.3) is 0 Å². The molecule has 2 aromatic rings. The van der Waals surface area contributed by atoms with E-state index >= 15 is 0 Å². The van der Waals surface area contributed by atoms with Crippen LogP contribution < -0.4 is 5.32 Å². The monoisotopic (exact) mass is 234 g/mol. The van der Waals surface area contributed by atoms with Gasteiger partial charge in [0.25, 0.3) is 5.69 Å². The minimum absolute atomic E-state index is 0.134. The highest BCUT2D eigenvalue weighted by Gasteiger charge is 2.14. The predicted molar refractivity (Wildman–Crippen MR) is 60.8 cm³/mol. The SMILES string of the molecule is O=[N+]([O-])c1cc(O)ccc1NCc1ccoc1. The van der Waals surface area contributed by atoms with E-state index in [2.05, 4.69) is 5.32 Å². The number of nitro groups is 1. The third-order valence-corrected chi connectivity index (χ3v) is 2.24. The largest absolute Gasteiger partial charge is 0.508 e. The molecule has 1 aromatic carbocycles. The minimum Gasteiger partial charge on any atom is -0.508 e. The fourth-order valence-electron chi connectivity index (χ4n) is 1.41. The van der Waals surface area contributed by atoms with Crippen LogP contribution in [0.4, 0.5) is 11.4 Å². The summed E-state index contributed by atoms with van der Waals surface area (Å²) in [4.78, 5) is 10.2. The van der Waals surface area contributed by atoms with Crippen molar-refractivity contribution in [1.29, 1.82) is 0 Å². The van der Waals surface area contributed by atoms with Crippen molar-refractivity contribution in [1.82, 2.24) is 0 Å². The Hall–Kier alpha value is -2.50. The first-order valence-corrected chi connectivity index (χ1v) is 4.89. The smallest absolute Gasteiger partial charge is 0.296 e. The molecule has 0 radical (unpaired) electrons. The Kier molecular flexibility index (Phi) is 2.95. The standard InChI is InChI=1S/C11H10N2O4/c14-9-1-2-10(11(5-9)13(15)16)12-6-8-3-4-17-7-8/h1-5,7,12,14H,6H2. The van der Waals surface area contributed by atoms with E-state index in [0.29, 0.717) is 12.2 Å². The molecule has 0 aliphatic rings. The van der Waals surface area contributed by atoms with Gasteiger partial charge in [0.1, 0.15) is 11.4 Å². The highest BCUT2D eigenvalue weighted by atomic mass is 16.6. The zero-order chi connectivity index (χ0) is 12.3. The summed E-state index contributed by atoms with van der Waals surface area (Å²) in [5, 5.41) is 22.9. The Bertz CT molecular complexity index is 522. The molecule has 2 N–H and O–H groups in total. The lowest BCUT2D eigenvalue weighted by Gasteiger charge is -2.05. The van der Waals surface area contributed by atoms with Gasteiger partial charge in [0.2, 0.25) is 0 Å². The highest BCUT2D eigenvalue weighted by Crippen LogP contribution is 2.28. The lowest BCUT2D eigenvalue weighted by atomic mass is 10.2. The van der Waals surface area contributed by atoms with Crippen molar-refractivity contribution < 1.29 is 14.4 Å². The number of nitro benzene ring substituents is 1. The average molecular weight is 234 g/mol. The Morgan fingerprint density at radius 1 is 1.41 bits per heavy atom. The molecule has 0 saturated carbocycles. The lowest BCUT2D eigenvalue weighted by Crippen LogP contribution is -2.01. The molecule has 0 amide bonds. The molecular weight excluding hydrogens is 224 g/mol. The van der Waals surface area contributed by atoms with Gasteiger partial charge in [-0.15, -0.1) is 0 Å². The van der Waals surface area contributed by atoms with Gasteiger partial charge in [-0.2, -0.15) is 0 Å². The summed E-state index contributed by atoms with van der Waals surface area (Å²) >= 11 is 0. The molecule has 0 unspecified atom stereocenters. The summed E-state index contributed by atoms with van der Waals surface area (Å²) < 4.78 is 4.89. The minimum atomic E-state index is -0.544. The summed E-state index contributed by atoms with van der Waals surface area (Å²) in [6.45, 7) is 0.419. The molecule has 1 aromatic heterocycles. The van der Waals surface area contributed by atoms with Crippen LogP contribution in [0, 0.1) is 10.1 Å². The van der Waals surface area contributed by atoms with Gasteiger partial charge in [0.15, 0.2) is 0 Å². The number of nitrogens with zero attached hydrogens (tertiary/aromatic N) is 1. The molecule has 2 rings (SSSR count). The number of hydrogen-bond donors (Lipinski definition) is 2. The number of furan rings is 1. The number of benzene rings is 1.